The molecule has 1 N–H and O–H groups in total. The molecule has 1 fully saturated rings. The van der Waals surface area contributed by atoms with E-state index in [2.05, 4.69) is 10.1 Å². The van der Waals surface area contributed by atoms with Gasteiger partial charge in [0.25, 0.3) is 5.56 Å². The molecule has 1 atom stereocenters. The number of piperidine rings is 1. The van der Waals surface area contributed by atoms with Gasteiger partial charge in [0, 0.05) is 31.5 Å². The van der Waals surface area contributed by atoms with E-state index >= 15 is 0 Å². The van der Waals surface area contributed by atoms with E-state index in [9.17, 15) is 9.59 Å². The summed E-state index contributed by atoms with van der Waals surface area (Å²) in [6.07, 6.45) is 3.34. The SMILES string of the molecule is COCCC(=O)N1CCCC[C@H]1c1cc2nc(C)cc(=O)n2[nH]1. The van der Waals surface area contributed by atoms with E-state index in [4.69, 9.17) is 4.74 Å². The fraction of sp³-hybridized carbons (Fsp3) is 0.562. The molecule has 1 amide bonds. The van der Waals surface area contributed by atoms with Gasteiger partial charge >= 0.3 is 0 Å². The Kier molecular flexibility index (Phi) is 4.47. The van der Waals surface area contributed by atoms with E-state index in [1.54, 1.807) is 14.0 Å². The first-order valence-corrected chi connectivity index (χ1v) is 7.98. The van der Waals surface area contributed by atoms with Crippen LogP contribution in [0.2, 0.25) is 0 Å². The van der Waals surface area contributed by atoms with E-state index < -0.39 is 0 Å². The monoisotopic (exact) mass is 318 g/mol. The van der Waals surface area contributed by atoms with Gasteiger partial charge in [-0.05, 0) is 26.2 Å². The van der Waals surface area contributed by atoms with Crippen LogP contribution in [0.4, 0.5) is 0 Å². The van der Waals surface area contributed by atoms with E-state index in [0.717, 1.165) is 31.5 Å². The molecule has 23 heavy (non-hydrogen) atoms. The molecule has 0 aliphatic carbocycles. The lowest BCUT2D eigenvalue weighted by Gasteiger charge is -2.35. The maximum Gasteiger partial charge on any atom is 0.272 e. The molecule has 1 saturated heterocycles. The molecule has 0 spiro atoms. The molecule has 0 radical (unpaired) electrons. The van der Waals surface area contributed by atoms with Crippen LogP contribution in [0.15, 0.2) is 16.9 Å². The summed E-state index contributed by atoms with van der Waals surface area (Å²) in [5.41, 5.74) is 2.02. The van der Waals surface area contributed by atoms with Crippen LogP contribution < -0.4 is 5.56 Å². The second-order valence-corrected chi connectivity index (χ2v) is 5.98. The molecule has 1 aliphatic rings. The Balaban J connectivity index is 1.93. The van der Waals surface area contributed by atoms with Crippen molar-refractivity contribution in [2.75, 3.05) is 20.3 Å². The highest BCUT2D eigenvalue weighted by molar-refractivity contribution is 5.77. The fourth-order valence-corrected chi connectivity index (χ4v) is 3.19. The van der Waals surface area contributed by atoms with Gasteiger partial charge in [-0.25, -0.2) is 9.50 Å². The third-order valence-electron chi connectivity index (χ3n) is 4.30. The molecule has 0 unspecified atom stereocenters. The second kappa shape index (κ2) is 6.54. The summed E-state index contributed by atoms with van der Waals surface area (Å²) in [7, 11) is 1.60. The Morgan fingerprint density at radius 1 is 1.43 bits per heavy atom. The highest BCUT2D eigenvalue weighted by atomic mass is 16.5. The smallest absolute Gasteiger partial charge is 0.272 e. The number of fused-ring (bicyclic) bond motifs is 1. The summed E-state index contributed by atoms with van der Waals surface area (Å²) in [4.78, 5) is 30.7. The van der Waals surface area contributed by atoms with Crippen molar-refractivity contribution in [2.24, 2.45) is 0 Å². The molecule has 2 aromatic rings. The first kappa shape index (κ1) is 15.7. The number of aromatic nitrogens is 3. The number of H-pyrrole nitrogens is 1. The minimum Gasteiger partial charge on any atom is -0.384 e. The average Bonchev–Trinajstić information content (AvgIpc) is 2.96. The first-order chi connectivity index (χ1) is 11.1. The number of hydrogen-bond acceptors (Lipinski definition) is 4. The molecule has 7 heteroatoms. The van der Waals surface area contributed by atoms with Crippen LogP contribution in [0.1, 0.15) is 43.1 Å². The fourth-order valence-electron chi connectivity index (χ4n) is 3.19. The zero-order chi connectivity index (χ0) is 16.4. The van der Waals surface area contributed by atoms with Crippen LogP contribution in [-0.4, -0.2) is 45.7 Å². The van der Waals surface area contributed by atoms with Crippen molar-refractivity contribution in [3.05, 3.63) is 33.9 Å². The lowest BCUT2D eigenvalue weighted by atomic mass is 9.99. The number of likely N-dealkylation sites (tertiary alicyclic amines) is 1. The lowest BCUT2D eigenvalue weighted by molar-refractivity contribution is -0.136. The van der Waals surface area contributed by atoms with E-state index in [0.29, 0.717) is 24.4 Å². The predicted molar refractivity (Wildman–Crippen MR) is 85.3 cm³/mol. The first-order valence-electron chi connectivity index (χ1n) is 7.98. The molecule has 3 rings (SSSR count). The third-order valence-corrected chi connectivity index (χ3v) is 4.30. The average molecular weight is 318 g/mol. The van der Waals surface area contributed by atoms with Crippen molar-refractivity contribution in [3.63, 3.8) is 0 Å². The van der Waals surface area contributed by atoms with E-state index in [1.807, 2.05) is 11.0 Å². The highest BCUT2D eigenvalue weighted by Crippen LogP contribution is 2.30. The van der Waals surface area contributed by atoms with Gasteiger partial charge in [-0.2, -0.15) is 0 Å². The number of aromatic amines is 1. The van der Waals surface area contributed by atoms with Gasteiger partial charge in [-0.1, -0.05) is 0 Å². The van der Waals surface area contributed by atoms with E-state index in [1.165, 1.54) is 10.6 Å². The van der Waals surface area contributed by atoms with Crippen molar-refractivity contribution in [1.82, 2.24) is 19.5 Å². The minimum absolute atomic E-state index is 0.0329. The topological polar surface area (TPSA) is 79.7 Å². The molecule has 124 valence electrons. The van der Waals surface area contributed by atoms with Crippen LogP contribution in [0.3, 0.4) is 0 Å². The highest BCUT2D eigenvalue weighted by Gasteiger charge is 2.29. The van der Waals surface area contributed by atoms with Crippen LogP contribution in [0, 0.1) is 6.92 Å². The van der Waals surface area contributed by atoms with Gasteiger partial charge in [-0.15, -0.1) is 0 Å². The quantitative estimate of drug-likeness (QED) is 0.924. The van der Waals surface area contributed by atoms with Gasteiger partial charge in [0.1, 0.15) is 0 Å². The van der Waals surface area contributed by atoms with Crippen LogP contribution >= 0.6 is 0 Å². The lowest BCUT2D eigenvalue weighted by Crippen LogP contribution is -2.39. The molecule has 0 bridgehead atoms. The number of nitrogens with one attached hydrogen (secondary N) is 1. The minimum atomic E-state index is -0.133. The maximum atomic E-state index is 12.4. The van der Waals surface area contributed by atoms with Gasteiger partial charge in [0.15, 0.2) is 5.65 Å². The van der Waals surface area contributed by atoms with Crippen molar-refractivity contribution < 1.29 is 9.53 Å². The van der Waals surface area contributed by atoms with Crippen molar-refractivity contribution >= 4 is 11.6 Å². The van der Waals surface area contributed by atoms with Crippen molar-refractivity contribution in [3.8, 4) is 0 Å². The van der Waals surface area contributed by atoms with Crippen molar-refractivity contribution in [2.45, 2.75) is 38.6 Å². The van der Waals surface area contributed by atoms with Crippen molar-refractivity contribution in [1.29, 1.82) is 0 Å². The molecular formula is C16H22N4O3. The van der Waals surface area contributed by atoms with Crippen LogP contribution in [0.5, 0.6) is 0 Å². The number of amides is 1. The Morgan fingerprint density at radius 3 is 3.04 bits per heavy atom. The maximum absolute atomic E-state index is 12.4. The van der Waals surface area contributed by atoms with E-state index in [-0.39, 0.29) is 17.5 Å². The largest absolute Gasteiger partial charge is 0.384 e. The van der Waals surface area contributed by atoms with Crippen LogP contribution in [-0.2, 0) is 9.53 Å². The summed E-state index contributed by atoms with van der Waals surface area (Å²) < 4.78 is 6.45. The summed E-state index contributed by atoms with van der Waals surface area (Å²) in [5, 5.41) is 3.12. The standard InChI is InChI=1S/C16H22N4O3/c1-11-9-16(22)20-14(17-11)10-12(18-20)13-5-3-4-7-19(13)15(21)6-8-23-2/h9-10,13,18H,3-8H2,1-2H3/t13-/m0/s1. The number of carbonyl (C=O) groups excluding carboxylic acids is 1. The molecule has 3 heterocycles. The molecular weight excluding hydrogens is 296 g/mol. The molecule has 0 aromatic carbocycles. The van der Waals surface area contributed by atoms with Crippen LogP contribution in [0.25, 0.3) is 5.65 Å². The summed E-state index contributed by atoms with van der Waals surface area (Å²) in [5.74, 6) is 0.0895. The molecule has 1 aliphatic heterocycles. The van der Waals surface area contributed by atoms with Gasteiger partial charge in [0.2, 0.25) is 5.91 Å². The summed E-state index contributed by atoms with van der Waals surface area (Å²) in [6, 6.07) is 3.34. The number of methoxy groups -OCH3 is 1. The predicted octanol–water partition coefficient (Wildman–Crippen LogP) is 1.42. The molecule has 0 saturated carbocycles. The normalized spacial score (nSPS) is 18.5. The van der Waals surface area contributed by atoms with Gasteiger partial charge < -0.3 is 9.64 Å². The Labute approximate surface area is 134 Å². The zero-order valence-corrected chi connectivity index (χ0v) is 13.5. The Morgan fingerprint density at radius 2 is 2.26 bits per heavy atom. The number of aryl methyl sites for hydroxylation is 1. The number of hydrogen-bond donors (Lipinski definition) is 1. The number of rotatable bonds is 4. The number of carbonyl (C=O) groups is 1. The number of ether oxygens (including phenoxy) is 1. The zero-order valence-electron chi connectivity index (χ0n) is 13.5. The summed E-state index contributed by atoms with van der Waals surface area (Å²) in [6.45, 7) is 2.97. The number of nitrogens with zero attached hydrogens (tertiary/aromatic N) is 3. The molecule has 7 nitrogen and oxygen atoms in total. The van der Waals surface area contributed by atoms with Gasteiger partial charge in [-0.3, -0.25) is 14.7 Å². The molecule has 2 aromatic heterocycles. The summed E-state index contributed by atoms with van der Waals surface area (Å²) >= 11 is 0. The van der Waals surface area contributed by atoms with Gasteiger partial charge in [0.05, 0.1) is 24.8 Å². The Bertz CT molecular complexity index is 764. The Hall–Kier alpha value is -2.15. The second-order valence-electron chi connectivity index (χ2n) is 5.98. The third kappa shape index (κ3) is 3.14.